The topological polar surface area (TPSA) is 76.6 Å². The summed E-state index contributed by atoms with van der Waals surface area (Å²) in [7, 11) is 0. The fourth-order valence-corrected chi connectivity index (χ4v) is 3.05. The Morgan fingerprint density at radius 3 is 1.21 bits per heavy atom. The van der Waals surface area contributed by atoms with E-state index in [0.29, 0.717) is 5.41 Å². The van der Waals surface area contributed by atoms with Gasteiger partial charge < -0.3 is 16.1 Å². The second kappa shape index (κ2) is 17.3. The highest BCUT2D eigenvalue weighted by molar-refractivity contribution is 5.63. The second-order valence-electron chi connectivity index (χ2n) is 8.38. The number of unbranched alkanes of at least 4 members (excludes halogenated alkanes) is 13. The number of carboxylic acids is 1. The van der Waals surface area contributed by atoms with Crippen LogP contribution < -0.4 is 11.3 Å². The molecule has 4 N–H and O–H groups in total. The molecule has 0 heterocycles. The summed E-state index contributed by atoms with van der Waals surface area (Å²) in [6, 6.07) is 0. The summed E-state index contributed by atoms with van der Waals surface area (Å²) < 4.78 is 0. The highest BCUT2D eigenvalue weighted by atomic mass is 16.4. The lowest BCUT2D eigenvalue weighted by molar-refractivity contribution is -0.305. The van der Waals surface area contributed by atoms with Crippen LogP contribution in [-0.4, -0.2) is 5.97 Å². The van der Waals surface area contributed by atoms with Crippen LogP contribution in [0.4, 0.5) is 0 Å². The molecule has 0 spiro atoms. The molecule has 0 fully saturated rings. The number of carbonyl (C=O) groups is 1. The Balaban J connectivity index is 0. The highest BCUT2D eigenvalue weighted by Crippen LogP contribution is 2.22. The molecule has 0 atom stereocenters. The molecule has 3 nitrogen and oxygen atoms in total. The first-order valence-electron chi connectivity index (χ1n) is 10.1. The lowest BCUT2D eigenvalue weighted by Crippen LogP contribution is -2.21. The molecular weight excluding hydrogens is 298 g/mol. The van der Waals surface area contributed by atoms with Gasteiger partial charge in [0.1, 0.15) is 0 Å². The van der Waals surface area contributed by atoms with Crippen LogP contribution >= 0.6 is 0 Å². The third-order valence-corrected chi connectivity index (χ3v) is 4.56. The van der Waals surface area contributed by atoms with Crippen LogP contribution in [0.1, 0.15) is 124 Å². The predicted octanol–water partition coefficient (Wildman–Crippen LogP) is 6.40. The Bertz CT molecular complexity index is 272. The zero-order chi connectivity index (χ0) is 17.4. The average molecular weight is 344 g/mol. The molecule has 0 bridgehead atoms. The largest absolute Gasteiger partial charge is 0.550 e. The van der Waals surface area contributed by atoms with Gasteiger partial charge in [0.25, 0.3) is 0 Å². The summed E-state index contributed by atoms with van der Waals surface area (Å²) >= 11 is 0. The molecule has 3 heteroatoms. The summed E-state index contributed by atoms with van der Waals surface area (Å²) in [5.41, 5.74) is 0.507. The summed E-state index contributed by atoms with van der Waals surface area (Å²) in [5, 5.41) is 10.3. The molecule has 0 rings (SSSR count). The number of quaternary nitrogens is 1. The standard InChI is InChI=1S/C21H42O2.H3N/c1-21(2,3)19-17-15-13-11-9-7-5-4-6-8-10-12-14-16-18-20(22)23;/h4-19H2,1-3H3,(H,22,23);1H3. The van der Waals surface area contributed by atoms with E-state index in [1.54, 1.807) is 0 Å². The predicted molar refractivity (Wildman–Crippen MR) is 104 cm³/mol. The molecule has 0 saturated heterocycles. The first-order valence-corrected chi connectivity index (χ1v) is 10.1. The van der Waals surface area contributed by atoms with Crippen molar-refractivity contribution in [1.29, 1.82) is 0 Å². The van der Waals surface area contributed by atoms with Crippen LogP contribution in [0.25, 0.3) is 0 Å². The smallest absolute Gasteiger partial charge is 0.0414 e. The zero-order valence-electron chi connectivity index (χ0n) is 17.1. The van der Waals surface area contributed by atoms with Crippen LogP contribution in [0, 0.1) is 5.41 Å². The SMILES string of the molecule is CC(C)(C)CCCCCCCCCCCCCCCCC(=O)[O-].[NH4+]. The summed E-state index contributed by atoms with van der Waals surface area (Å²) in [5.74, 6) is -0.904. The molecule has 0 aliphatic heterocycles. The van der Waals surface area contributed by atoms with Crippen LogP contribution in [-0.2, 0) is 4.79 Å². The first-order chi connectivity index (χ1) is 10.9. The first kappa shape index (κ1) is 25.7. The second-order valence-corrected chi connectivity index (χ2v) is 8.38. The quantitative estimate of drug-likeness (QED) is 0.329. The van der Waals surface area contributed by atoms with Crippen LogP contribution in [0.3, 0.4) is 0 Å². The van der Waals surface area contributed by atoms with Gasteiger partial charge in [0.05, 0.1) is 0 Å². The molecule has 0 aromatic heterocycles. The lowest BCUT2D eigenvalue weighted by Gasteiger charge is -2.17. The van der Waals surface area contributed by atoms with Crippen molar-refractivity contribution in [2.45, 2.75) is 124 Å². The average Bonchev–Trinajstić information content (AvgIpc) is 2.45. The summed E-state index contributed by atoms with van der Waals surface area (Å²) in [4.78, 5) is 10.3. The highest BCUT2D eigenvalue weighted by Gasteiger charge is 2.08. The van der Waals surface area contributed by atoms with Gasteiger partial charge in [-0.1, -0.05) is 104 Å². The normalized spacial score (nSPS) is 11.3. The van der Waals surface area contributed by atoms with Crippen molar-refractivity contribution in [1.82, 2.24) is 6.15 Å². The minimum Gasteiger partial charge on any atom is -0.550 e. The molecule has 0 unspecified atom stereocenters. The van der Waals surface area contributed by atoms with E-state index in [1.807, 2.05) is 0 Å². The van der Waals surface area contributed by atoms with Gasteiger partial charge in [0, 0.05) is 5.97 Å². The van der Waals surface area contributed by atoms with Crippen molar-refractivity contribution in [3.8, 4) is 0 Å². The van der Waals surface area contributed by atoms with E-state index < -0.39 is 5.97 Å². The van der Waals surface area contributed by atoms with Gasteiger partial charge in [-0.25, -0.2) is 0 Å². The van der Waals surface area contributed by atoms with Gasteiger partial charge in [-0.15, -0.1) is 0 Å². The van der Waals surface area contributed by atoms with Crippen molar-refractivity contribution in [3.63, 3.8) is 0 Å². The van der Waals surface area contributed by atoms with Crippen molar-refractivity contribution in [2.75, 3.05) is 0 Å². The fraction of sp³-hybridized carbons (Fsp3) is 0.952. The molecular formula is C21H45NO2. The van der Waals surface area contributed by atoms with Crippen LogP contribution in [0.2, 0.25) is 0 Å². The Kier molecular flexibility index (Phi) is 18.5. The van der Waals surface area contributed by atoms with Gasteiger partial charge in [-0.3, -0.25) is 0 Å². The number of hydrogen-bond donors (Lipinski definition) is 1. The zero-order valence-corrected chi connectivity index (χ0v) is 17.1. The number of aliphatic carboxylic acids is 1. The minimum absolute atomic E-state index is 0. The number of rotatable bonds is 16. The molecule has 0 aromatic rings. The lowest BCUT2D eigenvalue weighted by atomic mass is 9.89. The van der Waals surface area contributed by atoms with Gasteiger partial charge in [-0.05, 0) is 24.7 Å². The molecule has 0 aliphatic carbocycles. The molecule has 24 heavy (non-hydrogen) atoms. The maximum absolute atomic E-state index is 10.3. The van der Waals surface area contributed by atoms with Gasteiger partial charge in [0.2, 0.25) is 0 Å². The molecule has 0 aliphatic rings. The minimum atomic E-state index is -0.904. The van der Waals surface area contributed by atoms with Crippen molar-refractivity contribution < 1.29 is 9.90 Å². The molecule has 0 saturated carbocycles. The van der Waals surface area contributed by atoms with E-state index in [0.717, 1.165) is 12.8 Å². The third-order valence-electron chi connectivity index (χ3n) is 4.56. The molecule has 0 amide bonds. The Labute approximate surface area is 151 Å². The van der Waals surface area contributed by atoms with E-state index in [4.69, 9.17) is 0 Å². The van der Waals surface area contributed by atoms with E-state index in [9.17, 15) is 9.90 Å². The van der Waals surface area contributed by atoms with E-state index in [-0.39, 0.29) is 12.6 Å². The van der Waals surface area contributed by atoms with E-state index in [2.05, 4.69) is 20.8 Å². The summed E-state index contributed by atoms with van der Waals surface area (Å²) in [6.07, 6.45) is 19.8. The van der Waals surface area contributed by atoms with E-state index >= 15 is 0 Å². The Morgan fingerprint density at radius 2 is 0.917 bits per heavy atom. The maximum Gasteiger partial charge on any atom is 0.0414 e. The van der Waals surface area contributed by atoms with E-state index in [1.165, 1.54) is 83.5 Å². The third kappa shape index (κ3) is 23.7. The Hall–Kier alpha value is -0.570. The number of carbonyl (C=O) groups excluding carboxylic acids is 1. The Morgan fingerprint density at radius 1 is 0.625 bits per heavy atom. The molecule has 146 valence electrons. The van der Waals surface area contributed by atoms with Gasteiger partial charge in [0.15, 0.2) is 0 Å². The van der Waals surface area contributed by atoms with Crippen molar-refractivity contribution in [3.05, 3.63) is 0 Å². The monoisotopic (exact) mass is 343 g/mol. The number of carboxylic acid groups (broad SMARTS) is 1. The maximum atomic E-state index is 10.3. The van der Waals surface area contributed by atoms with Gasteiger partial charge >= 0.3 is 0 Å². The van der Waals surface area contributed by atoms with Crippen molar-refractivity contribution >= 4 is 5.97 Å². The molecule has 0 radical (unpaired) electrons. The van der Waals surface area contributed by atoms with Crippen LogP contribution in [0.5, 0.6) is 0 Å². The van der Waals surface area contributed by atoms with Crippen molar-refractivity contribution in [2.24, 2.45) is 5.41 Å². The molecule has 0 aromatic carbocycles. The summed E-state index contributed by atoms with van der Waals surface area (Å²) in [6.45, 7) is 7.00. The van der Waals surface area contributed by atoms with Gasteiger partial charge in [-0.2, -0.15) is 0 Å². The van der Waals surface area contributed by atoms with Crippen LogP contribution in [0.15, 0.2) is 0 Å². The fourth-order valence-electron chi connectivity index (χ4n) is 3.05. The number of hydrogen-bond acceptors (Lipinski definition) is 2.